The van der Waals surface area contributed by atoms with Gasteiger partial charge in [0.05, 0.1) is 12.7 Å². The molecule has 0 amide bonds. The number of allylic oxidation sites excluding steroid dienone is 1. The lowest BCUT2D eigenvalue weighted by Gasteiger charge is -2.20. The Morgan fingerprint density at radius 1 is 1.17 bits per heavy atom. The molecule has 0 aromatic heterocycles. The predicted molar refractivity (Wildman–Crippen MR) is 88.8 cm³/mol. The third kappa shape index (κ3) is 3.48. The van der Waals surface area contributed by atoms with Crippen LogP contribution in [0.2, 0.25) is 5.02 Å². The fourth-order valence-electron chi connectivity index (χ4n) is 2.30. The molecule has 0 saturated carbocycles. The molecule has 5 heteroatoms. The summed E-state index contributed by atoms with van der Waals surface area (Å²) in [6.45, 7) is 0.948. The summed E-state index contributed by atoms with van der Waals surface area (Å²) in [6, 6.07) is 10.6. The van der Waals surface area contributed by atoms with Crippen LogP contribution in [0, 0.1) is 0 Å². The average molecular weight is 331 g/mol. The van der Waals surface area contributed by atoms with E-state index in [4.69, 9.17) is 25.8 Å². The first-order valence-corrected chi connectivity index (χ1v) is 7.51. The standard InChI is InChI=1S/C18H15ClO4/c1-21-16-11-18-17(22-7-8-23-18)10-14(16)15(20)6-5-12-3-2-4-13(19)9-12/h2-6,9-11H,7-8H2,1H3/b6-5+. The molecule has 118 valence electrons. The first-order valence-electron chi connectivity index (χ1n) is 7.13. The SMILES string of the molecule is COc1cc2c(cc1C(=O)/C=C/c1cccc(Cl)c1)OCCO2. The summed E-state index contributed by atoms with van der Waals surface area (Å²) < 4.78 is 16.3. The van der Waals surface area contributed by atoms with Gasteiger partial charge < -0.3 is 14.2 Å². The smallest absolute Gasteiger partial charge is 0.189 e. The molecule has 0 aliphatic carbocycles. The van der Waals surface area contributed by atoms with Crippen LogP contribution in [-0.2, 0) is 0 Å². The number of hydrogen-bond donors (Lipinski definition) is 0. The van der Waals surface area contributed by atoms with Crippen LogP contribution in [0.5, 0.6) is 17.2 Å². The fraction of sp³-hybridized carbons (Fsp3) is 0.167. The molecule has 2 aromatic rings. The van der Waals surface area contributed by atoms with E-state index < -0.39 is 0 Å². The van der Waals surface area contributed by atoms with E-state index in [9.17, 15) is 4.79 Å². The molecule has 0 radical (unpaired) electrons. The van der Waals surface area contributed by atoms with Crippen molar-refractivity contribution in [3.8, 4) is 17.2 Å². The summed E-state index contributed by atoms with van der Waals surface area (Å²) >= 11 is 5.93. The van der Waals surface area contributed by atoms with Crippen LogP contribution in [0.15, 0.2) is 42.5 Å². The molecule has 0 N–H and O–H groups in total. The minimum atomic E-state index is -0.182. The largest absolute Gasteiger partial charge is 0.496 e. The van der Waals surface area contributed by atoms with Crippen LogP contribution in [-0.4, -0.2) is 26.1 Å². The highest BCUT2D eigenvalue weighted by Gasteiger charge is 2.19. The van der Waals surface area contributed by atoms with Gasteiger partial charge in [0, 0.05) is 11.1 Å². The van der Waals surface area contributed by atoms with Crippen molar-refractivity contribution in [1.29, 1.82) is 0 Å². The van der Waals surface area contributed by atoms with Crippen molar-refractivity contribution in [1.82, 2.24) is 0 Å². The molecule has 0 fully saturated rings. The lowest BCUT2D eigenvalue weighted by molar-refractivity contribution is 0.104. The summed E-state index contributed by atoms with van der Waals surface area (Å²) in [5, 5.41) is 0.622. The Bertz CT molecular complexity index is 768. The zero-order valence-corrected chi connectivity index (χ0v) is 13.3. The Balaban J connectivity index is 1.89. The van der Waals surface area contributed by atoms with Crippen molar-refractivity contribution in [2.45, 2.75) is 0 Å². The van der Waals surface area contributed by atoms with Gasteiger partial charge in [-0.25, -0.2) is 0 Å². The van der Waals surface area contributed by atoms with Gasteiger partial charge in [0.15, 0.2) is 17.3 Å². The molecular weight excluding hydrogens is 316 g/mol. The van der Waals surface area contributed by atoms with E-state index in [1.807, 2.05) is 12.1 Å². The van der Waals surface area contributed by atoms with Crippen LogP contribution in [0.4, 0.5) is 0 Å². The Labute approximate surface area is 139 Å². The summed E-state index contributed by atoms with van der Waals surface area (Å²) in [4.78, 5) is 12.5. The van der Waals surface area contributed by atoms with E-state index in [0.717, 1.165) is 5.56 Å². The molecule has 1 heterocycles. The van der Waals surface area contributed by atoms with Crippen LogP contribution in [0.1, 0.15) is 15.9 Å². The number of carbonyl (C=O) groups is 1. The van der Waals surface area contributed by atoms with Crippen molar-refractivity contribution < 1.29 is 19.0 Å². The molecule has 23 heavy (non-hydrogen) atoms. The van der Waals surface area contributed by atoms with E-state index >= 15 is 0 Å². The molecule has 1 aliphatic heterocycles. The third-order valence-corrected chi connectivity index (χ3v) is 3.64. The van der Waals surface area contributed by atoms with Crippen molar-refractivity contribution in [2.75, 3.05) is 20.3 Å². The number of hydrogen-bond acceptors (Lipinski definition) is 4. The maximum atomic E-state index is 12.5. The molecule has 3 rings (SSSR count). The Hall–Kier alpha value is -2.46. The van der Waals surface area contributed by atoms with Gasteiger partial charge >= 0.3 is 0 Å². The first-order chi connectivity index (χ1) is 11.2. The Morgan fingerprint density at radius 2 is 1.91 bits per heavy atom. The topological polar surface area (TPSA) is 44.8 Å². The van der Waals surface area contributed by atoms with Crippen molar-refractivity contribution >= 4 is 23.5 Å². The fourth-order valence-corrected chi connectivity index (χ4v) is 2.50. The highest BCUT2D eigenvalue weighted by atomic mass is 35.5. The van der Waals surface area contributed by atoms with E-state index in [1.165, 1.54) is 13.2 Å². The second-order valence-electron chi connectivity index (χ2n) is 4.95. The van der Waals surface area contributed by atoms with Gasteiger partial charge in [0.25, 0.3) is 0 Å². The van der Waals surface area contributed by atoms with Gasteiger partial charge in [-0.15, -0.1) is 0 Å². The van der Waals surface area contributed by atoms with Gasteiger partial charge in [0.1, 0.15) is 19.0 Å². The molecular formula is C18H15ClO4. The van der Waals surface area contributed by atoms with Crippen LogP contribution < -0.4 is 14.2 Å². The lowest BCUT2D eigenvalue weighted by Crippen LogP contribution is -2.16. The number of methoxy groups -OCH3 is 1. The second kappa shape index (κ2) is 6.75. The molecule has 0 saturated heterocycles. The minimum absolute atomic E-state index is 0.182. The maximum Gasteiger partial charge on any atom is 0.189 e. The summed E-state index contributed by atoms with van der Waals surface area (Å²) in [5.41, 5.74) is 1.28. The molecule has 0 atom stereocenters. The highest BCUT2D eigenvalue weighted by Crippen LogP contribution is 2.37. The number of ketones is 1. The summed E-state index contributed by atoms with van der Waals surface area (Å²) in [6.07, 6.45) is 3.20. The van der Waals surface area contributed by atoms with Gasteiger partial charge in [0.2, 0.25) is 0 Å². The molecule has 4 nitrogen and oxygen atoms in total. The van der Waals surface area contributed by atoms with Crippen molar-refractivity contribution in [3.05, 3.63) is 58.6 Å². The van der Waals surface area contributed by atoms with Gasteiger partial charge in [-0.05, 0) is 29.8 Å². The van der Waals surface area contributed by atoms with Crippen molar-refractivity contribution in [3.63, 3.8) is 0 Å². The lowest BCUT2D eigenvalue weighted by atomic mass is 10.1. The zero-order valence-electron chi connectivity index (χ0n) is 12.5. The van der Waals surface area contributed by atoms with Crippen molar-refractivity contribution in [2.24, 2.45) is 0 Å². The monoisotopic (exact) mass is 330 g/mol. The summed E-state index contributed by atoms with van der Waals surface area (Å²) in [5.74, 6) is 1.41. The minimum Gasteiger partial charge on any atom is -0.496 e. The molecule has 0 unspecified atom stereocenters. The van der Waals surface area contributed by atoms with E-state index in [0.29, 0.717) is 41.0 Å². The molecule has 2 aromatic carbocycles. The predicted octanol–water partition coefficient (Wildman–Crippen LogP) is 4.02. The number of ether oxygens (including phenoxy) is 3. The highest BCUT2D eigenvalue weighted by molar-refractivity contribution is 6.30. The van der Waals surface area contributed by atoms with Crippen LogP contribution in [0.3, 0.4) is 0 Å². The number of halogens is 1. The summed E-state index contributed by atoms with van der Waals surface area (Å²) in [7, 11) is 1.52. The molecule has 1 aliphatic rings. The maximum absolute atomic E-state index is 12.5. The Morgan fingerprint density at radius 3 is 2.61 bits per heavy atom. The van der Waals surface area contributed by atoms with Gasteiger partial charge in [-0.1, -0.05) is 29.8 Å². The average Bonchev–Trinajstić information content (AvgIpc) is 2.58. The zero-order chi connectivity index (χ0) is 16.2. The number of carbonyl (C=O) groups excluding carboxylic acids is 1. The van der Waals surface area contributed by atoms with E-state index in [1.54, 1.807) is 30.3 Å². The van der Waals surface area contributed by atoms with E-state index in [2.05, 4.69) is 0 Å². The first kappa shape index (κ1) is 15.4. The van der Waals surface area contributed by atoms with Gasteiger partial charge in [-0.3, -0.25) is 4.79 Å². The van der Waals surface area contributed by atoms with Crippen LogP contribution in [0.25, 0.3) is 6.08 Å². The normalized spacial score (nSPS) is 13.1. The second-order valence-corrected chi connectivity index (χ2v) is 5.39. The van der Waals surface area contributed by atoms with E-state index in [-0.39, 0.29) is 5.78 Å². The quantitative estimate of drug-likeness (QED) is 0.627. The van der Waals surface area contributed by atoms with Gasteiger partial charge in [-0.2, -0.15) is 0 Å². The third-order valence-electron chi connectivity index (χ3n) is 3.41. The molecule has 0 bridgehead atoms. The molecule has 0 spiro atoms. The number of benzene rings is 2. The number of rotatable bonds is 4. The number of fused-ring (bicyclic) bond motifs is 1. The van der Waals surface area contributed by atoms with Crippen LogP contribution >= 0.6 is 11.6 Å². The Kier molecular flexibility index (Phi) is 4.53.